The van der Waals surface area contributed by atoms with E-state index in [1.165, 1.54) is 11.1 Å². The third-order valence-corrected chi connectivity index (χ3v) is 2.97. The zero-order valence-corrected chi connectivity index (χ0v) is 11.1. The van der Waals surface area contributed by atoms with Gasteiger partial charge in [-0.1, -0.05) is 6.07 Å². The van der Waals surface area contributed by atoms with Crippen LogP contribution >= 0.6 is 15.9 Å². The van der Waals surface area contributed by atoms with Gasteiger partial charge in [-0.05, 0) is 61.3 Å². The van der Waals surface area contributed by atoms with Gasteiger partial charge in [-0.2, -0.15) is 0 Å². The smallest absolute Gasteiger partial charge is 0.178 e. The maximum Gasteiger partial charge on any atom is 0.178 e. The standard InChI is InChI=1S/C12H15BrN2/c1-8-5-6-9-10(7-8)15(11(13)14-9)12(2,3)4/h5-7H,1-4H3. The van der Waals surface area contributed by atoms with Crippen LogP contribution in [-0.2, 0) is 5.54 Å². The van der Waals surface area contributed by atoms with Crippen molar-refractivity contribution in [3.05, 3.63) is 28.5 Å². The summed E-state index contributed by atoms with van der Waals surface area (Å²) in [5.74, 6) is 0. The SMILES string of the molecule is Cc1ccc2nc(Br)n(C(C)(C)C)c2c1. The van der Waals surface area contributed by atoms with Crippen LogP contribution in [0.25, 0.3) is 11.0 Å². The van der Waals surface area contributed by atoms with Crippen LogP contribution in [0.5, 0.6) is 0 Å². The number of fused-ring (bicyclic) bond motifs is 1. The Kier molecular flexibility index (Phi) is 2.38. The number of imidazole rings is 1. The summed E-state index contributed by atoms with van der Waals surface area (Å²) < 4.78 is 3.12. The Balaban J connectivity index is 2.82. The molecule has 80 valence electrons. The second-order valence-electron chi connectivity index (χ2n) is 4.88. The minimum absolute atomic E-state index is 0.0430. The van der Waals surface area contributed by atoms with Crippen molar-refractivity contribution in [1.29, 1.82) is 0 Å². The average molecular weight is 267 g/mol. The average Bonchev–Trinajstić information content (AvgIpc) is 2.38. The third kappa shape index (κ3) is 1.81. The fourth-order valence-electron chi connectivity index (χ4n) is 1.79. The lowest BCUT2D eigenvalue weighted by Crippen LogP contribution is -2.21. The van der Waals surface area contributed by atoms with Crippen LogP contribution in [0.2, 0.25) is 0 Å². The van der Waals surface area contributed by atoms with Crippen molar-refractivity contribution in [3.63, 3.8) is 0 Å². The molecule has 0 amide bonds. The number of aromatic nitrogens is 2. The summed E-state index contributed by atoms with van der Waals surface area (Å²) >= 11 is 3.52. The maximum atomic E-state index is 4.50. The van der Waals surface area contributed by atoms with Crippen molar-refractivity contribution in [3.8, 4) is 0 Å². The molecule has 0 unspecified atom stereocenters. The fraction of sp³-hybridized carbons (Fsp3) is 0.417. The Labute approximate surface area is 98.4 Å². The lowest BCUT2D eigenvalue weighted by molar-refractivity contribution is 0.401. The van der Waals surface area contributed by atoms with E-state index in [1.807, 2.05) is 0 Å². The minimum atomic E-state index is 0.0430. The van der Waals surface area contributed by atoms with Crippen molar-refractivity contribution < 1.29 is 0 Å². The third-order valence-electron chi connectivity index (χ3n) is 2.44. The lowest BCUT2D eigenvalue weighted by atomic mass is 10.1. The Hall–Kier alpha value is -0.830. The van der Waals surface area contributed by atoms with Gasteiger partial charge in [-0.15, -0.1) is 0 Å². The van der Waals surface area contributed by atoms with Crippen molar-refractivity contribution in [2.24, 2.45) is 0 Å². The van der Waals surface area contributed by atoms with E-state index in [0.717, 1.165) is 10.3 Å². The van der Waals surface area contributed by atoms with Gasteiger partial charge in [0.2, 0.25) is 0 Å². The van der Waals surface area contributed by atoms with Gasteiger partial charge in [-0.3, -0.25) is 0 Å². The van der Waals surface area contributed by atoms with E-state index >= 15 is 0 Å². The molecule has 0 fully saturated rings. The van der Waals surface area contributed by atoms with Gasteiger partial charge in [-0.25, -0.2) is 4.98 Å². The van der Waals surface area contributed by atoms with Crippen LogP contribution in [0, 0.1) is 6.92 Å². The number of benzene rings is 1. The van der Waals surface area contributed by atoms with Crippen LogP contribution in [0.15, 0.2) is 22.9 Å². The highest BCUT2D eigenvalue weighted by molar-refractivity contribution is 9.10. The Morgan fingerprint density at radius 2 is 1.93 bits per heavy atom. The van der Waals surface area contributed by atoms with E-state index in [1.54, 1.807) is 0 Å². The van der Waals surface area contributed by atoms with Crippen LogP contribution in [0.4, 0.5) is 0 Å². The van der Waals surface area contributed by atoms with E-state index < -0.39 is 0 Å². The highest BCUT2D eigenvalue weighted by Gasteiger charge is 2.19. The molecular formula is C12H15BrN2. The van der Waals surface area contributed by atoms with E-state index in [0.29, 0.717) is 0 Å². The molecule has 0 spiro atoms. The molecule has 0 saturated carbocycles. The molecule has 0 saturated heterocycles. The lowest BCUT2D eigenvalue weighted by Gasteiger charge is -2.23. The maximum absolute atomic E-state index is 4.50. The predicted molar refractivity (Wildman–Crippen MR) is 67.2 cm³/mol. The van der Waals surface area contributed by atoms with Crippen LogP contribution in [0.1, 0.15) is 26.3 Å². The molecule has 0 aliphatic heterocycles. The zero-order chi connectivity index (χ0) is 11.2. The van der Waals surface area contributed by atoms with Crippen molar-refractivity contribution in [2.45, 2.75) is 33.2 Å². The summed E-state index contributed by atoms with van der Waals surface area (Å²) in [7, 11) is 0. The first-order valence-electron chi connectivity index (χ1n) is 5.05. The number of hydrogen-bond acceptors (Lipinski definition) is 1. The van der Waals surface area contributed by atoms with Crippen LogP contribution < -0.4 is 0 Å². The van der Waals surface area contributed by atoms with Crippen molar-refractivity contribution in [1.82, 2.24) is 9.55 Å². The molecule has 0 N–H and O–H groups in total. The molecule has 3 heteroatoms. The van der Waals surface area contributed by atoms with Crippen LogP contribution in [-0.4, -0.2) is 9.55 Å². The number of halogens is 1. The summed E-state index contributed by atoms with van der Waals surface area (Å²) in [4.78, 5) is 4.50. The second kappa shape index (κ2) is 3.34. The molecule has 1 aromatic heterocycles. The molecule has 0 radical (unpaired) electrons. The highest BCUT2D eigenvalue weighted by atomic mass is 79.9. The summed E-state index contributed by atoms with van der Waals surface area (Å²) in [6.45, 7) is 8.65. The van der Waals surface area contributed by atoms with Gasteiger partial charge in [0, 0.05) is 5.54 Å². The molecule has 2 aromatic rings. The van der Waals surface area contributed by atoms with Crippen molar-refractivity contribution in [2.75, 3.05) is 0 Å². The number of rotatable bonds is 0. The van der Waals surface area contributed by atoms with Gasteiger partial charge in [0.15, 0.2) is 4.73 Å². The van der Waals surface area contributed by atoms with Gasteiger partial charge in [0.25, 0.3) is 0 Å². The molecule has 2 rings (SSSR count). The number of hydrogen-bond donors (Lipinski definition) is 0. The largest absolute Gasteiger partial charge is 0.313 e. The molecule has 0 aliphatic rings. The van der Waals surface area contributed by atoms with Gasteiger partial charge < -0.3 is 4.57 Å². The Morgan fingerprint density at radius 1 is 1.27 bits per heavy atom. The summed E-state index contributed by atoms with van der Waals surface area (Å²) in [5.41, 5.74) is 3.54. The molecular weight excluding hydrogens is 252 g/mol. The summed E-state index contributed by atoms with van der Waals surface area (Å²) in [6.07, 6.45) is 0. The molecule has 0 atom stereocenters. The molecule has 2 nitrogen and oxygen atoms in total. The topological polar surface area (TPSA) is 17.8 Å². The minimum Gasteiger partial charge on any atom is -0.313 e. The monoisotopic (exact) mass is 266 g/mol. The van der Waals surface area contributed by atoms with E-state index in [2.05, 4.69) is 71.4 Å². The first kappa shape index (κ1) is 10.7. The quantitative estimate of drug-likeness (QED) is 0.708. The number of aryl methyl sites for hydroxylation is 1. The molecule has 1 heterocycles. The first-order chi connectivity index (χ1) is 6.89. The Morgan fingerprint density at radius 3 is 2.53 bits per heavy atom. The van der Waals surface area contributed by atoms with Gasteiger partial charge >= 0.3 is 0 Å². The van der Waals surface area contributed by atoms with Crippen molar-refractivity contribution >= 4 is 27.0 Å². The molecule has 15 heavy (non-hydrogen) atoms. The predicted octanol–water partition coefficient (Wildman–Crippen LogP) is 3.86. The van der Waals surface area contributed by atoms with E-state index in [9.17, 15) is 0 Å². The summed E-state index contributed by atoms with van der Waals surface area (Å²) in [5, 5.41) is 0. The van der Waals surface area contributed by atoms with Gasteiger partial charge in [0.1, 0.15) is 0 Å². The van der Waals surface area contributed by atoms with Gasteiger partial charge in [0.05, 0.1) is 11.0 Å². The Bertz CT molecular complexity index is 506. The number of nitrogens with zero attached hydrogens (tertiary/aromatic N) is 2. The van der Waals surface area contributed by atoms with E-state index in [-0.39, 0.29) is 5.54 Å². The molecule has 1 aromatic carbocycles. The highest BCUT2D eigenvalue weighted by Crippen LogP contribution is 2.28. The second-order valence-corrected chi connectivity index (χ2v) is 5.59. The summed E-state index contributed by atoms with van der Waals surface area (Å²) in [6, 6.07) is 6.34. The van der Waals surface area contributed by atoms with Crippen LogP contribution in [0.3, 0.4) is 0 Å². The zero-order valence-electron chi connectivity index (χ0n) is 9.50. The first-order valence-corrected chi connectivity index (χ1v) is 5.84. The molecule has 0 bridgehead atoms. The normalized spacial score (nSPS) is 12.3. The fourth-order valence-corrected chi connectivity index (χ4v) is 2.71. The molecule has 0 aliphatic carbocycles. The van der Waals surface area contributed by atoms with E-state index in [4.69, 9.17) is 0 Å².